The van der Waals surface area contributed by atoms with Gasteiger partial charge >= 0.3 is 0 Å². The topological polar surface area (TPSA) is 64.3 Å². The van der Waals surface area contributed by atoms with Crippen molar-refractivity contribution < 1.29 is 9.53 Å². The minimum absolute atomic E-state index is 0.160. The first-order valence-corrected chi connectivity index (χ1v) is 5.32. The maximum absolute atomic E-state index is 11.1. The van der Waals surface area contributed by atoms with Crippen molar-refractivity contribution in [2.24, 2.45) is 5.73 Å². The third-order valence-electron chi connectivity index (χ3n) is 2.10. The summed E-state index contributed by atoms with van der Waals surface area (Å²) in [6.45, 7) is 4.58. The molecule has 0 aliphatic rings. The van der Waals surface area contributed by atoms with Crippen molar-refractivity contribution in [3.63, 3.8) is 0 Å². The molecule has 1 atom stereocenters. The van der Waals surface area contributed by atoms with Crippen LogP contribution in [0.2, 0.25) is 0 Å². The third kappa shape index (κ3) is 4.31. The fourth-order valence-corrected chi connectivity index (χ4v) is 1.14. The largest absolute Gasteiger partial charge is 0.492 e. The summed E-state index contributed by atoms with van der Waals surface area (Å²) in [5, 5.41) is 2.67. The zero-order chi connectivity index (χ0) is 12.0. The molecule has 0 radical (unpaired) electrons. The fourth-order valence-electron chi connectivity index (χ4n) is 1.14. The molecule has 0 aromatic heterocycles. The number of aryl methyl sites for hydroxylation is 1. The number of carbonyl (C=O) groups excluding carboxylic acids is 1. The molecule has 0 saturated carbocycles. The van der Waals surface area contributed by atoms with Crippen molar-refractivity contribution in [2.45, 2.75) is 19.9 Å². The van der Waals surface area contributed by atoms with Crippen LogP contribution >= 0.6 is 0 Å². The number of hydrogen-bond donors (Lipinski definition) is 2. The molecule has 1 amide bonds. The van der Waals surface area contributed by atoms with Gasteiger partial charge in [0.15, 0.2) is 0 Å². The summed E-state index contributed by atoms with van der Waals surface area (Å²) in [6, 6.07) is 7.30. The highest BCUT2D eigenvalue weighted by atomic mass is 16.5. The van der Waals surface area contributed by atoms with E-state index in [1.807, 2.05) is 31.2 Å². The van der Waals surface area contributed by atoms with Crippen LogP contribution in [0.25, 0.3) is 0 Å². The minimum Gasteiger partial charge on any atom is -0.492 e. The number of nitrogens with one attached hydrogen (secondary N) is 1. The van der Waals surface area contributed by atoms with E-state index in [4.69, 9.17) is 10.5 Å². The van der Waals surface area contributed by atoms with Crippen molar-refractivity contribution in [3.05, 3.63) is 29.8 Å². The van der Waals surface area contributed by atoms with E-state index in [0.29, 0.717) is 13.2 Å². The van der Waals surface area contributed by atoms with Gasteiger partial charge in [-0.25, -0.2) is 0 Å². The van der Waals surface area contributed by atoms with Crippen LogP contribution in [0.3, 0.4) is 0 Å². The second kappa shape index (κ2) is 6.12. The molecule has 0 aliphatic carbocycles. The average Bonchev–Trinajstić information content (AvgIpc) is 2.26. The highest BCUT2D eigenvalue weighted by Crippen LogP contribution is 2.10. The first kappa shape index (κ1) is 12.5. The molecule has 4 heteroatoms. The molecule has 0 spiro atoms. The number of hydrogen-bond acceptors (Lipinski definition) is 3. The van der Waals surface area contributed by atoms with Gasteiger partial charge in [-0.05, 0) is 26.0 Å². The molecule has 1 rings (SSSR count). The van der Waals surface area contributed by atoms with Crippen LogP contribution in [0, 0.1) is 6.92 Å². The molecule has 4 nitrogen and oxygen atoms in total. The number of ether oxygens (including phenoxy) is 1. The van der Waals surface area contributed by atoms with E-state index in [2.05, 4.69) is 5.32 Å². The van der Waals surface area contributed by atoms with E-state index in [9.17, 15) is 4.79 Å². The maximum atomic E-state index is 11.1. The van der Waals surface area contributed by atoms with E-state index in [1.165, 1.54) is 5.56 Å². The summed E-state index contributed by atoms with van der Waals surface area (Å²) >= 11 is 0. The Bertz CT molecular complexity index is 333. The molecule has 0 aliphatic heterocycles. The number of amides is 1. The Balaban J connectivity index is 2.21. The number of benzene rings is 1. The summed E-state index contributed by atoms with van der Waals surface area (Å²) in [7, 11) is 0. The van der Waals surface area contributed by atoms with Crippen molar-refractivity contribution in [1.29, 1.82) is 0 Å². The van der Waals surface area contributed by atoms with E-state index < -0.39 is 6.04 Å². The van der Waals surface area contributed by atoms with Gasteiger partial charge in [0, 0.05) is 0 Å². The van der Waals surface area contributed by atoms with E-state index >= 15 is 0 Å². The molecule has 0 bridgehead atoms. The second-order valence-electron chi connectivity index (χ2n) is 3.74. The van der Waals surface area contributed by atoms with Gasteiger partial charge in [0.05, 0.1) is 12.6 Å². The van der Waals surface area contributed by atoms with Gasteiger partial charge in [0.1, 0.15) is 12.4 Å². The zero-order valence-corrected chi connectivity index (χ0v) is 9.69. The average molecular weight is 222 g/mol. The van der Waals surface area contributed by atoms with Crippen molar-refractivity contribution in [3.8, 4) is 5.75 Å². The van der Waals surface area contributed by atoms with Gasteiger partial charge in [0.2, 0.25) is 5.91 Å². The SMILES string of the molecule is Cc1ccc(OCCNC(=O)[C@@H](C)N)cc1. The highest BCUT2D eigenvalue weighted by Gasteiger charge is 2.05. The Hall–Kier alpha value is -1.55. The van der Waals surface area contributed by atoms with Gasteiger partial charge in [-0.2, -0.15) is 0 Å². The molecular weight excluding hydrogens is 204 g/mol. The van der Waals surface area contributed by atoms with Gasteiger partial charge in [-0.3, -0.25) is 4.79 Å². The van der Waals surface area contributed by atoms with Crippen LogP contribution in [-0.4, -0.2) is 25.1 Å². The lowest BCUT2D eigenvalue weighted by Gasteiger charge is -2.09. The Morgan fingerprint density at radius 1 is 1.44 bits per heavy atom. The lowest BCUT2D eigenvalue weighted by Crippen LogP contribution is -2.40. The lowest BCUT2D eigenvalue weighted by molar-refractivity contribution is -0.122. The first-order valence-electron chi connectivity index (χ1n) is 5.32. The molecule has 3 N–H and O–H groups in total. The molecule has 1 aromatic rings. The lowest BCUT2D eigenvalue weighted by atomic mass is 10.2. The Morgan fingerprint density at radius 2 is 2.06 bits per heavy atom. The van der Waals surface area contributed by atoms with Crippen LogP contribution in [0.1, 0.15) is 12.5 Å². The summed E-state index contributed by atoms with van der Waals surface area (Å²) in [5.41, 5.74) is 6.59. The van der Waals surface area contributed by atoms with E-state index in [-0.39, 0.29) is 5.91 Å². The first-order chi connectivity index (χ1) is 7.59. The summed E-state index contributed by atoms with van der Waals surface area (Å²) < 4.78 is 5.44. The van der Waals surface area contributed by atoms with Crippen LogP contribution in [0.4, 0.5) is 0 Å². The fraction of sp³-hybridized carbons (Fsp3) is 0.417. The van der Waals surface area contributed by atoms with Crippen molar-refractivity contribution in [1.82, 2.24) is 5.32 Å². The molecule has 0 unspecified atom stereocenters. The smallest absolute Gasteiger partial charge is 0.236 e. The standard InChI is InChI=1S/C12H18N2O2/c1-9-3-5-11(6-4-9)16-8-7-14-12(15)10(2)13/h3-6,10H,7-8,13H2,1-2H3,(H,14,15)/t10-/m1/s1. The Labute approximate surface area is 95.8 Å². The molecule has 16 heavy (non-hydrogen) atoms. The predicted octanol–water partition coefficient (Wildman–Crippen LogP) is 0.837. The van der Waals surface area contributed by atoms with Gasteiger partial charge < -0.3 is 15.8 Å². The Kier molecular flexibility index (Phi) is 4.79. The van der Waals surface area contributed by atoms with Crippen molar-refractivity contribution >= 4 is 5.91 Å². The number of rotatable bonds is 5. The quantitative estimate of drug-likeness (QED) is 0.725. The van der Waals surface area contributed by atoms with Crippen LogP contribution in [0.5, 0.6) is 5.75 Å². The molecule has 1 aromatic carbocycles. The van der Waals surface area contributed by atoms with Gasteiger partial charge in [0.25, 0.3) is 0 Å². The molecular formula is C12H18N2O2. The summed E-state index contributed by atoms with van der Waals surface area (Å²) in [4.78, 5) is 11.1. The van der Waals surface area contributed by atoms with Crippen LogP contribution < -0.4 is 15.8 Å². The molecule has 88 valence electrons. The van der Waals surface area contributed by atoms with Crippen molar-refractivity contribution in [2.75, 3.05) is 13.2 Å². The van der Waals surface area contributed by atoms with E-state index in [0.717, 1.165) is 5.75 Å². The predicted molar refractivity (Wildman–Crippen MR) is 63.3 cm³/mol. The molecule has 0 saturated heterocycles. The second-order valence-corrected chi connectivity index (χ2v) is 3.74. The minimum atomic E-state index is -0.473. The normalized spacial score (nSPS) is 11.9. The third-order valence-corrected chi connectivity index (χ3v) is 2.10. The number of carbonyl (C=O) groups is 1. The summed E-state index contributed by atoms with van der Waals surface area (Å²) in [6.07, 6.45) is 0. The Morgan fingerprint density at radius 3 is 2.62 bits per heavy atom. The van der Waals surface area contributed by atoms with Crippen LogP contribution in [-0.2, 0) is 4.79 Å². The van der Waals surface area contributed by atoms with Crippen LogP contribution in [0.15, 0.2) is 24.3 Å². The molecule has 0 fully saturated rings. The van der Waals surface area contributed by atoms with Gasteiger partial charge in [-0.15, -0.1) is 0 Å². The highest BCUT2D eigenvalue weighted by molar-refractivity contribution is 5.80. The van der Waals surface area contributed by atoms with E-state index in [1.54, 1.807) is 6.92 Å². The monoisotopic (exact) mass is 222 g/mol. The zero-order valence-electron chi connectivity index (χ0n) is 9.69. The maximum Gasteiger partial charge on any atom is 0.236 e. The molecule has 0 heterocycles. The summed E-state index contributed by atoms with van der Waals surface area (Å²) in [5.74, 6) is 0.646. The van der Waals surface area contributed by atoms with Gasteiger partial charge in [-0.1, -0.05) is 17.7 Å². The number of nitrogens with two attached hydrogens (primary N) is 1.